The predicted molar refractivity (Wildman–Crippen MR) is 227 cm³/mol. The minimum atomic E-state index is 0.620. The van der Waals surface area contributed by atoms with Crippen molar-refractivity contribution >= 4 is 43.9 Å². The molecule has 56 heavy (non-hydrogen) atoms. The van der Waals surface area contributed by atoms with Gasteiger partial charge in [0, 0.05) is 38.2 Å². The van der Waals surface area contributed by atoms with Crippen LogP contribution in [0.1, 0.15) is 0 Å². The molecule has 0 amide bonds. The van der Waals surface area contributed by atoms with Crippen LogP contribution in [0.5, 0.6) is 0 Å². The summed E-state index contributed by atoms with van der Waals surface area (Å²) in [5, 5.41) is 4.25. The van der Waals surface area contributed by atoms with Crippen LogP contribution in [-0.2, 0) is 0 Å². The fraction of sp³-hybridized carbons (Fsp3) is 0. The number of hydrogen-bond acceptors (Lipinski definition) is 5. The number of aromatic nitrogens is 3. The van der Waals surface area contributed by atoms with E-state index in [4.69, 9.17) is 23.8 Å². The smallest absolute Gasteiger partial charge is 0.164 e. The van der Waals surface area contributed by atoms with Crippen LogP contribution in [0.15, 0.2) is 197 Å². The predicted octanol–water partition coefficient (Wildman–Crippen LogP) is 13.7. The minimum Gasteiger partial charge on any atom is -0.456 e. The lowest BCUT2D eigenvalue weighted by atomic mass is 9.97. The number of benzene rings is 8. The van der Waals surface area contributed by atoms with Crippen LogP contribution in [0.4, 0.5) is 0 Å². The maximum atomic E-state index is 6.36. The Morgan fingerprint density at radius 2 is 0.625 bits per heavy atom. The maximum absolute atomic E-state index is 6.36. The van der Waals surface area contributed by atoms with Crippen molar-refractivity contribution < 1.29 is 8.83 Å². The first-order chi connectivity index (χ1) is 27.7. The molecule has 11 aromatic rings. The molecule has 0 aliphatic rings. The monoisotopic (exact) mass is 717 g/mol. The number of fused-ring (bicyclic) bond motifs is 6. The average molecular weight is 718 g/mol. The summed E-state index contributed by atoms with van der Waals surface area (Å²) < 4.78 is 12.6. The summed E-state index contributed by atoms with van der Waals surface area (Å²) in [4.78, 5) is 15.0. The molecule has 0 saturated heterocycles. The van der Waals surface area contributed by atoms with Crippen molar-refractivity contribution in [2.75, 3.05) is 0 Å². The van der Waals surface area contributed by atoms with Crippen LogP contribution in [0.2, 0.25) is 0 Å². The van der Waals surface area contributed by atoms with Gasteiger partial charge in [0.25, 0.3) is 0 Å². The molecule has 5 heteroatoms. The number of furan rings is 2. The van der Waals surface area contributed by atoms with Gasteiger partial charge >= 0.3 is 0 Å². The summed E-state index contributed by atoms with van der Waals surface area (Å²) in [6, 6.07) is 64.7. The van der Waals surface area contributed by atoms with E-state index >= 15 is 0 Å². The molecular formula is C51H31N3O2. The largest absolute Gasteiger partial charge is 0.456 e. The van der Waals surface area contributed by atoms with Crippen molar-refractivity contribution in [2.45, 2.75) is 0 Å². The zero-order valence-corrected chi connectivity index (χ0v) is 30.1. The Balaban J connectivity index is 0.961. The first-order valence-electron chi connectivity index (χ1n) is 18.7. The number of nitrogens with zero attached hydrogens (tertiary/aromatic N) is 3. The van der Waals surface area contributed by atoms with Crippen molar-refractivity contribution in [3.8, 4) is 67.5 Å². The Hall–Kier alpha value is -7.63. The Labute approximate surface area is 322 Å². The molecule has 0 aliphatic heterocycles. The summed E-state index contributed by atoms with van der Waals surface area (Å²) in [7, 11) is 0. The fourth-order valence-electron chi connectivity index (χ4n) is 7.68. The Morgan fingerprint density at radius 3 is 1.29 bits per heavy atom. The summed E-state index contributed by atoms with van der Waals surface area (Å²) in [6.45, 7) is 0. The lowest BCUT2D eigenvalue weighted by molar-refractivity contribution is 0.664. The molecule has 5 nitrogen and oxygen atoms in total. The Morgan fingerprint density at radius 1 is 0.232 bits per heavy atom. The molecule has 262 valence electrons. The number of rotatable bonds is 6. The van der Waals surface area contributed by atoms with Gasteiger partial charge in [-0.1, -0.05) is 146 Å². The molecule has 0 saturated carbocycles. The highest BCUT2D eigenvalue weighted by molar-refractivity contribution is 6.15. The third-order valence-corrected chi connectivity index (χ3v) is 10.5. The molecule has 8 aromatic carbocycles. The molecule has 11 rings (SSSR count). The highest BCUT2D eigenvalue weighted by Crippen LogP contribution is 2.39. The topological polar surface area (TPSA) is 65.0 Å². The van der Waals surface area contributed by atoms with Crippen molar-refractivity contribution in [1.29, 1.82) is 0 Å². The summed E-state index contributed by atoms with van der Waals surface area (Å²) in [6.07, 6.45) is 0. The van der Waals surface area contributed by atoms with E-state index in [1.807, 2.05) is 54.6 Å². The first kappa shape index (κ1) is 31.9. The lowest BCUT2D eigenvalue weighted by Gasteiger charge is -2.11. The molecule has 0 radical (unpaired) electrons. The quantitative estimate of drug-likeness (QED) is 0.171. The molecule has 0 spiro atoms. The van der Waals surface area contributed by atoms with E-state index in [0.717, 1.165) is 88.4 Å². The van der Waals surface area contributed by atoms with Gasteiger partial charge in [-0.15, -0.1) is 0 Å². The van der Waals surface area contributed by atoms with Crippen LogP contribution in [-0.4, -0.2) is 15.0 Å². The molecule has 0 fully saturated rings. The zero-order chi connectivity index (χ0) is 37.0. The van der Waals surface area contributed by atoms with Crippen molar-refractivity contribution in [1.82, 2.24) is 15.0 Å². The van der Waals surface area contributed by atoms with Gasteiger partial charge in [0.2, 0.25) is 0 Å². The van der Waals surface area contributed by atoms with Gasteiger partial charge in [0.15, 0.2) is 17.5 Å². The van der Waals surface area contributed by atoms with E-state index in [1.165, 1.54) is 5.56 Å². The highest BCUT2D eigenvalue weighted by Gasteiger charge is 2.16. The SMILES string of the molecule is c1ccc(-c2ccc(-c3nc(-c4ccccc4)nc(-c4cccc(-c5cccc(-c6ccc7oc8cc9c(cc8c7c6)oc6ccccc69)c5)c4)n3)cc2)cc1. The van der Waals surface area contributed by atoms with Crippen LogP contribution in [0, 0.1) is 0 Å². The van der Waals surface area contributed by atoms with E-state index in [0.29, 0.717) is 17.5 Å². The summed E-state index contributed by atoms with van der Waals surface area (Å²) in [5.41, 5.74) is 12.9. The van der Waals surface area contributed by atoms with E-state index in [2.05, 4.69) is 133 Å². The van der Waals surface area contributed by atoms with Crippen molar-refractivity contribution in [2.24, 2.45) is 0 Å². The average Bonchev–Trinajstić information content (AvgIpc) is 3.83. The Kier molecular flexibility index (Phi) is 7.42. The number of para-hydroxylation sites is 1. The lowest BCUT2D eigenvalue weighted by Crippen LogP contribution is -2.00. The van der Waals surface area contributed by atoms with Gasteiger partial charge in [-0.3, -0.25) is 0 Å². The van der Waals surface area contributed by atoms with Crippen LogP contribution < -0.4 is 0 Å². The second kappa shape index (κ2) is 13.0. The highest BCUT2D eigenvalue weighted by atomic mass is 16.3. The minimum absolute atomic E-state index is 0.620. The van der Waals surface area contributed by atoms with Gasteiger partial charge in [0.05, 0.1) is 0 Å². The van der Waals surface area contributed by atoms with E-state index in [9.17, 15) is 0 Å². The van der Waals surface area contributed by atoms with Crippen molar-refractivity contribution in [3.05, 3.63) is 188 Å². The zero-order valence-electron chi connectivity index (χ0n) is 30.1. The second-order valence-corrected chi connectivity index (χ2v) is 14.0. The maximum Gasteiger partial charge on any atom is 0.164 e. The van der Waals surface area contributed by atoms with E-state index < -0.39 is 0 Å². The Bertz CT molecular complexity index is 3240. The van der Waals surface area contributed by atoms with Crippen LogP contribution >= 0.6 is 0 Å². The molecule has 0 atom stereocenters. The van der Waals surface area contributed by atoms with Gasteiger partial charge in [-0.25, -0.2) is 15.0 Å². The van der Waals surface area contributed by atoms with Crippen molar-refractivity contribution in [3.63, 3.8) is 0 Å². The molecule has 0 unspecified atom stereocenters. The van der Waals surface area contributed by atoms with Crippen LogP contribution in [0.25, 0.3) is 111 Å². The van der Waals surface area contributed by atoms with Gasteiger partial charge in [-0.2, -0.15) is 0 Å². The number of hydrogen-bond donors (Lipinski definition) is 0. The molecule has 0 N–H and O–H groups in total. The van der Waals surface area contributed by atoms with Gasteiger partial charge in [-0.05, 0) is 75.8 Å². The first-order valence-corrected chi connectivity index (χ1v) is 18.7. The fourth-order valence-corrected chi connectivity index (χ4v) is 7.68. The van der Waals surface area contributed by atoms with Gasteiger partial charge in [0.1, 0.15) is 22.3 Å². The summed E-state index contributed by atoms with van der Waals surface area (Å²) >= 11 is 0. The second-order valence-electron chi connectivity index (χ2n) is 14.0. The molecule has 3 heterocycles. The summed E-state index contributed by atoms with van der Waals surface area (Å²) in [5.74, 6) is 1.88. The molecule has 0 aliphatic carbocycles. The molecule has 3 aromatic heterocycles. The third kappa shape index (κ3) is 5.62. The van der Waals surface area contributed by atoms with E-state index in [1.54, 1.807) is 0 Å². The normalized spacial score (nSPS) is 11.6. The van der Waals surface area contributed by atoms with Crippen LogP contribution in [0.3, 0.4) is 0 Å². The standard InChI is InChI=1S/C51H31N3O2/c1-3-11-32(12-4-1)33-21-23-35(24-22-33)50-52-49(34-13-5-2-6-14-34)53-51(54-50)40-18-10-17-38(28-40)36-15-9-16-37(27-36)39-25-26-46-42(29-39)44-31-47-43(30-48(44)56-46)41-19-7-8-20-45(41)55-47/h1-31H. The molecular weight excluding hydrogens is 687 g/mol. The van der Waals surface area contributed by atoms with E-state index in [-0.39, 0.29) is 0 Å². The molecule has 0 bridgehead atoms. The van der Waals surface area contributed by atoms with Gasteiger partial charge < -0.3 is 8.83 Å². The third-order valence-electron chi connectivity index (χ3n) is 10.5.